The summed E-state index contributed by atoms with van der Waals surface area (Å²) in [5.41, 5.74) is 7.08. The second-order valence-electron chi connectivity index (χ2n) is 7.52. The zero-order valence-electron chi connectivity index (χ0n) is 15.9. The van der Waals surface area contributed by atoms with Gasteiger partial charge >= 0.3 is 0 Å². The zero-order valence-corrected chi connectivity index (χ0v) is 17.5. The SMILES string of the molecule is Cc1ccc(S(=O)(=O)n2cc3c4c2C(=O)c2cc5scnc5cc2C4=NCC3)cc1. The molecule has 0 saturated heterocycles. The van der Waals surface area contributed by atoms with Crippen LogP contribution in [0, 0.1) is 6.92 Å². The number of aromatic nitrogens is 2. The molecule has 1 aliphatic carbocycles. The van der Waals surface area contributed by atoms with Crippen LogP contribution in [0.1, 0.15) is 38.3 Å². The summed E-state index contributed by atoms with van der Waals surface area (Å²) in [4.78, 5) is 22.8. The maximum Gasteiger partial charge on any atom is 0.268 e. The van der Waals surface area contributed by atoms with E-state index in [1.54, 1.807) is 42.0 Å². The lowest BCUT2D eigenvalue weighted by molar-refractivity contribution is 0.103. The van der Waals surface area contributed by atoms with Crippen molar-refractivity contribution < 1.29 is 13.2 Å². The molecule has 2 aromatic heterocycles. The number of carbonyl (C=O) groups is 1. The Bertz CT molecular complexity index is 1520. The van der Waals surface area contributed by atoms with Gasteiger partial charge in [0.2, 0.25) is 5.78 Å². The first-order chi connectivity index (χ1) is 14.4. The maximum absolute atomic E-state index is 13.6. The Morgan fingerprint density at radius 2 is 1.90 bits per heavy atom. The molecular weight excluding hydrogens is 418 g/mol. The lowest BCUT2D eigenvalue weighted by Gasteiger charge is -2.22. The molecule has 8 heteroatoms. The Morgan fingerprint density at radius 1 is 1.10 bits per heavy atom. The molecule has 0 radical (unpaired) electrons. The van der Waals surface area contributed by atoms with Crippen LogP contribution in [0.4, 0.5) is 0 Å². The Hall–Kier alpha value is -3.10. The quantitative estimate of drug-likeness (QED) is 0.426. The molecule has 4 aromatic rings. The van der Waals surface area contributed by atoms with Gasteiger partial charge in [0.25, 0.3) is 10.0 Å². The van der Waals surface area contributed by atoms with Gasteiger partial charge in [-0.25, -0.2) is 17.4 Å². The van der Waals surface area contributed by atoms with Gasteiger partial charge in [-0.05, 0) is 43.2 Å². The molecular formula is C22H15N3O3S2. The minimum atomic E-state index is -3.92. The van der Waals surface area contributed by atoms with Crippen molar-refractivity contribution in [3.05, 3.63) is 81.6 Å². The van der Waals surface area contributed by atoms with Gasteiger partial charge in [0.1, 0.15) is 5.69 Å². The second kappa shape index (κ2) is 5.96. The Balaban J connectivity index is 1.64. The normalized spacial score (nSPS) is 15.1. The fourth-order valence-corrected chi connectivity index (χ4v) is 6.30. The van der Waals surface area contributed by atoms with Crippen LogP contribution in [0.5, 0.6) is 0 Å². The number of hydrogen-bond donors (Lipinski definition) is 0. The Labute approximate surface area is 176 Å². The summed E-state index contributed by atoms with van der Waals surface area (Å²) < 4.78 is 29.0. The van der Waals surface area contributed by atoms with Crippen LogP contribution >= 0.6 is 11.3 Å². The molecule has 1 aliphatic heterocycles. The molecule has 2 aliphatic rings. The van der Waals surface area contributed by atoms with Gasteiger partial charge < -0.3 is 0 Å². The molecule has 6 rings (SSSR count). The number of fused-ring (bicyclic) bond motifs is 3. The smallest absolute Gasteiger partial charge is 0.268 e. The van der Waals surface area contributed by atoms with E-state index in [1.807, 2.05) is 13.0 Å². The third-order valence-electron chi connectivity index (χ3n) is 5.70. The van der Waals surface area contributed by atoms with E-state index >= 15 is 0 Å². The van der Waals surface area contributed by atoms with Gasteiger partial charge in [-0.15, -0.1) is 11.3 Å². The summed E-state index contributed by atoms with van der Waals surface area (Å²) in [6, 6.07) is 10.4. The number of benzene rings is 2. The number of aryl methyl sites for hydroxylation is 1. The fraction of sp³-hybridized carbons (Fsp3) is 0.136. The van der Waals surface area contributed by atoms with E-state index in [9.17, 15) is 13.2 Å². The summed E-state index contributed by atoms with van der Waals surface area (Å²) in [5, 5.41) is 0. The predicted octanol–water partition coefficient (Wildman–Crippen LogP) is 3.58. The van der Waals surface area contributed by atoms with Gasteiger partial charge in [-0.1, -0.05) is 17.7 Å². The highest BCUT2D eigenvalue weighted by atomic mass is 32.2. The summed E-state index contributed by atoms with van der Waals surface area (Å²) >= 11 is 1.45. The molecule has 0 saturated carbocycles. The number of ketones is 1. The third-order valence-corrected chi connectivity index (χ3v) is 8.17. The van der Waals surface area contributed by atoms with Crippen LogP contribution in [0.2, 0.25) is 0 Å². The van der Waals surface area contributed by atoms with E-state index in [2.05, 4.69) is 9.98 Å². The average Bonchev–Trinajstić information content (AvgIpc) is 3.36. The van der Waals surface area contributed by atoms with Crippen LogP contribution in [-0.2, 0) is 16.4 Å². The number of thiazole rings is 1. The molecule has 30 heavy (non-hydrogen) atoms. The molecule has 148 valence electrons. The standard InChI is InChI=1S/C22H15N3O3S2/c1-12-2-4-14(5-3-12)30(27,28)25-10-13-6-7-23-20-15-8-17-18(29-11-24-17)9-16(15)22(26)21(25)19(13)20/h2-5,8-11H,6-7H2,1H3. The van der Waals surface area contributed by atoms with Crippen molar-refractivity contribution in [3.63, 3.8) is 0 Å². The minimum absolute atomic E-state index is 0.159. The highest BCUT2D eigenvalue weighted by Crippen LogP contribution is 2.37. The first-order valence-corrected chi connectivity index (χ1v) is 11.8. The second-order valence-corrected chi connectivity index (χ2v) is 10.2. The Kier molecular flexibility index (Phi) is 3.52. The molecule has 0 amide bonds. The summed E-state index contributed by atoms with van der Waals surface area (Å²) in [7, 11) is -3.92. The molecule has 3 heterocycles. The molecule has 2 aromatic carbocycles. The van der Waals surface area contributed by atoms with Gasteiger partial charge in [0.15, 0.2) is 0 Å². The highest BCUT2D eigenvalue weighted by Gasteiger charge is 2.38. The molecule has 0 N–H and O–H groups in total. The highest BCUT2D eigenvalue weighted by molar-refractivity contribution is 7.90. The molecule has 0 bridgehead atoms. The largest absolute Gasteiger partial charge is 0.287 e. The van der Waals surface area contributed by atoms with Crippen molar-refractivity contribution in [2.75, 3.05) is 6.54 Å². The first kappa shape index (κ1) is 17.7. The lowest BCUT2D eigenvalue weighted by Crippen LogP contribution is -2.27. The van der Waals surface area contributed by atoms with Crippen molar-refractivity contribution in [1.29, 1.82) is 0 Å². The minimum Gasteiger partial charge on any atom is -0.287 e. The van der Waals surface area contributed by atoms with Crippen LogP contribution in [0.25, 0.3) is 10.2 Å². The van der Waals surface area contributed by atoms with Crippen LogP contribution in [0.15, 0.2) is 58.0 Å². The van der Waals surface area contributed by atoms with E-state index in [1.165, 1.54) is 11.3 Å². The van der Waals surface area contributed by atoms with E-state index in [0.717, 1.165) is 30.9 Å². The van der Waals surface area contributed by atoms with E-state index in [-0.39, 0.29) is 16.4 Å². The summed E-state index contributed by atoms with van der Waals surface area (Å²) in [6.45, 7) is 2.46. The first-order valence-electron chi connectivity index (χ1n) is 9.49. The zero-order chi connectivity index (χ0) is 20.6. The molecule has 6 nitrogen and oxygen atoms in total. The monoisotopic (exact) mass is 433 g/mol. The maximum atomic E-state index is 13.6. The summed E-state index contributed by atoms with van der Waals surface area (Å²) in [6.07, 6.45) is 2.20. The van der Waals surface area contributed by atoms with Gasteiger partial charge in [-0.2, -0.15) is 0 Å². The van der Waals surface area contributed by atoms with E-state index in [4.69, 9.17) is 0 Å². The van der Waals surface area contributed by atoms with Crippen LogP contribution in [0.3, 0.4) is 0 Å². The lowest BCUT2D eigenvalue weighted by atomic mass is 9.84. The molecule has 0 spiro atoms. The van der Waals surface area contributed by atoms with Crippen molar-refractivity contribution in [2.45, 2.75) is 18.2 Å². The van der Waals surface area contributed by atoms with Gasteiger partial charge in [0.05, 0.1) is 26.3 Å². The average molecular weight is 434 g/mol. The number of hydrogen-bond acceptors (Lipinski definition) is 6. The molecule has 0 fully saturated rings. The number of rotatable bonds is 2. The third kappa shape index (κ3) is 2.28. The summed E-state index contributed by atoms with van der Waals surface area (Å²) in [5.74, 6) is -0.293. The van der Waals surface area contributed by atoms with Crippen molar-refractivity contribution in [2.24, 2.45) is 4.99 Å². The number of aliphatic imine (C=N–C) groups is 1. The van der Waals surface area contributed by atoms with Crippen molar-refractivity contribution >= 4 is 43.1 Å². The van der Waals surface area contributed by atoms with Crippen molar-refractivity contribution in [3.8, 4) is 0 Å². The number of nitrogens with zero attached hydrogens (tertiary/aromatic N) is 3. The predicted molar refractivity (Wildman–Crippen MR) is 115 cm³/mol. The van der Waals surface area contributed by atoms with E-state index in [0.29, 0.717) is 29.8 Å². The Morgan fingerprint density at radius 3 is 2.70 bits per heavy atom. The molecule has 0 unspecified atom stereocenters. The van der Waals surface area contributed by atoms with Crippen molar-refractivity contribution in [1.82, 2.24) is 8.96 Å². The number of carbonyl (C=O) groups excluding carboxylic acids is 1. The fourth-order valence-electron chi connectivity index (χ4n) is 4.22. The van der Waals surface area contributed by atoms with Gasteiger partial charge in [0, 0.05) is 29.4 Å². The van der Waals surface area contributed by atoms with E-state index < -0.39 is 10.0 Å². The van der Waals surface area contributed by atoms with Crippen LogP contribution in [-0.4, -0.2) is 35.4 Å². The van der Waals surface area contributed by atoms with Crippen LogP contribution < -0.4 is 0 Å². The topological polar surface area (TPSA) is 81.4 Å². The van der Waals surface area contributed by atoms with Gasteiger partial charge in [-0.3, -0.25) is 9.79 Å². The molecule has 0 atom stereocenters.